The van der Waals surface area contributed by atoms with Crippen molar-refractivity contribution in [1.82, 2.24) is 14.5 Å². The molecule has 1 aliphatic heterocycles. The third kappa shape index (κ3) is 2.63. The molecule has 1 aliphatic rings. The van der Waals surface area contributed by atoms with E-state index in [1.807, 2.05) is 0 Å². The average molecular weight is 284 g/mol. The lowest BCUT2D eigenvalue weighted by atomic mass is 10.1. The van der Waals surface area contributed by atoms with Gasteiger partial charge in [0.15, 0.2) is 11.5 Å². The second-order valence-corrected chi connectivity index (χ2v) is 5.26. The Balaban J connectivity index is 2.07. The van der Waals surface area contributed by atoms with Crippen molar-refractivity contribution in [3.05, 3.63) is 12.0 Å². The van der Waals surface area contributed by atoms with Crippen LogP contribution in [0.5, 0.6) is 0 Å². The number of unbranched alkanes of at least 4 members (excludes halogenated alkanes) is 1. The topological polar surface area (TPSA) is 61.6 Å². The highest BCUT2D eigenvalue weighted by atomic mass is 19.1. The van der Waals surface area contributed by atoms with Crippen molar-refractivity contribution in [3.63, 3.8) is 0 Å². The minimum atomic E-state index is -1.02. The van der Waals surface area contributed by atoms with Gasteiger partial charge in [0.05, 0.1) is 12.5 Å². The first-order valence-electron chi connectivity index (χ1n) is 6.80. The minimum absolute atomic E-state index is 0.237. The van der Waals surface area contributed by atoms with Gasteiger partial charge in [0.25, 0.3) is 5.91 Å². The quantitative estimate of drug-likeness (QED) is 0.823. The number of hydrogen-bond acceptors (Lipinski definition) is 4. The van der Waals surface area contributed by atoms with Crippen LogP contribution in [-0.2, 0) is 7.05 Å². The number of rotatable bonds is 5. The van der Waals surface area contributed by atoms with Crippen LogP contribution in [0.2, 0.25) is 0 Å². The molecular formula is C13H21FN4O2. The van der Waals surface area contributed by atoms with Gasteiger partial charge >= 0.3 is 0 Å². The summed E-state index contributed by atoms with van der Waals surface area (Å²) in [4.78, 5) is 19.5. The van der Waals surface area contributed by atoms with Crippen molar-refractivity contribution in [2.75, 3.05) is 18.5 Å². The van der Waals surface area contributed by atoms with Crippen LogP contribution in [0.1, 0.15) is 36.7 Å². The van der Waals surface area contributed by atoms with E-state index in [1.54, 1.807) is 29.9 Å². The van der Waals surface area contributed by atoms with Gasteiger partial charge in [-0.25, -0.2) is 9.37 Å². The molecule has 112 valence electrons. The number of amides is 1. The van der Waals surface area contributed by atoms with Gasteiger partial charge in [-0.05, 0) is 26.2 Å². The fourth-order valence-electron chi connectivity index (χ4n) is 2.41. The Hall–Kier alpha value is -1.63. The molecule has 1 aromatic heterocycles. The van der Waals surface area contributed by atoms with Crippen molar-refractivity contribution >= 4 is 11.7 Å². The third-order valence-corrected chi connectivity index (χ3v) is 3.59. The van der Waals surface area contributed by atoms with E-state index in [-0.39, 0.29) is 5.91 Å². The Morgan fingerprint density at radius 3 is 2.80 bits per heavy atom. The summed E-state index contributed by atoms with van der Waals surface area (Å²) < 4.78 is 14.4. The maximum Gasteiger partial charge on any atom is 0.277 e. The fourth-order valence-corrected chi connectivity index (χ4v) is 2.41. The monoisotopic (exact) mass is 284 g/mol. The number of hydrogen-bond donors (Lipinski definition) is 1. The number of imidazole rings is 1. The van der Waals surface area contributed by atoms with Crippen LogP contribution in [0.25, 0.3) is 0 Å². The largest absolute Gasteiger partial charge is 0.356 e. The molecule has 2 rings (SSSR count). The number of aromatic nitrogens is 2. The number of anilines is 1. The maximum absolute atomic E-state index is 12.7. The fraction of sp³-hybridized carbons (Fsp3) is 0.692. The van der Waals surface area contributed by atoms with Gasteiger partial charge < -0.3 is 14.6 Å². The van der Waals surface area contributed by atoms with Crippen LogP contribution >= 0.6 is 0 Å². The van der Waals surface area contributed by atoms with Crippen LogP contribution < -0.4 is 4.90 Å². The van der Waals surface area contributed by atoms with E-state index in [4.69, 9.17) is 0 Å². The van der Waals surface area contributed by atoms with Crippen molar-refractivity contribution < 1.29 is 14.3 Å². The molecule has 1 N–H and O–H groups in total. The van der Waals surface area contributed by atoms with E-state index in [0.29, 0.717) is 37.3 Å². The van der Waals surface area contributed by atoms with Crippen LogP contribution in [0.4, 0.5) is 10.2 Å². The number of carbonyl (C=O) groups is 1. The van der Waals surface area contributed by atoms with E-state index < -0.39 is 12.5 Å². The lowest BCUT2D eigenvalue weighted by molar-refractivity contribution is 0.00239. The third-order valence-electron chi connectivity index (χ3n) is 3.59. The molecule has 7 heteroatoms. The molecule has 2 atom stereocenters. The average Bonchev–Trinajstić information content (AvgIpc) is 2.77. The molecule has 0 aromatic carbocycles. The Morgan fingerprint density at radius 2 is 2.15 bits per heavy atom. The van der Waals surface area contributed by atoms with Crippen molar-refractivity contribution in [3.8, 4) is 0 Å². The highest BCUT2D eigenvalue weighted by Gasteiger charge is 2.37. The van der Waals surface area contributed by atoms with Gasteiger partial charge in [-0.3, -0.25) is 9.69 Å². The molecule has 0 bridgehead atoms. The molecule has 0 spiro atoms. The summed E-state index contributed by atoms with van der Waals surface area (Å²) in [6, 6.07) is 0. The maximum atomic E-state index is 12.7. The normalized spacial score (nSPS) is 20.2. The summed E-state index contributed by atoms with van der Waals surface area (Å²) in [5, 5.41) is 10.2. The summed E-state index contributed by atoms with van der Waals surface area (Å²) in [7, 11) is 3.44. The zero-order valence-corrected chi connectivity index (χ0v) is 12.1. The molecule has 0 saturated carbocycles. The van der Waals surface area contributed by atoms with E-state index >= 15 is 0 Å². The summed E-state index contributed by atoms with van der Waals surface area (Å²) in [5.41, 5.74) is 0.469. The van der Waals surface area contributed by atoms with Crippen molar-refractivity contribution in [1.29, 1.82) is 0 Å². The highest BCUT2D eigenvalue weighted by molar-refractivity contribution is 5.99. The van der Waals surface area contributed by atoms with Gasteiger partial charge in [-0.1, -0.05) is 0 Å². The smallest absolute Gasteiger partial charge is 0.277 e. The summed E-state index contributed by atoms with van der Waals surface area (Å²) in [5.74, 6) is 0.248. The predicted octanol–water partition coefficient (Wildman–Crippen LogP) is 1.12. The second-order valence-electron chi connectivity index (χ2n) is 5.26. The number of aliphatic hydroxyl groups excluding tert-OH is 1. The zero-order valence-electron chi connectivity index (χ0n) is 12.1. The first-order valence-corrected chi connectivity index (χ1v) is 6.80. The predicted molar refractivity (Wildman–Crippen MR) is 73.1 cm³/mol. The minimum Gasteiger partial charge on any atom is -0.356 e. The van der Waals surface area contributed by atoms with E-state index in [9.17, 15) is 14.3 Å². The van der Waals surface area contributed by atoms with E-state index in [1.165, 1.54) is 11.8 Å². The number of halogens is 1. The Morgan fingerprint density at radius 1 is 1.45 bits per heavy atom. The molecule has 6 nitrogen and oxygen atoms in total. The molecular weight excluding hydrogens is 263 g/mol. The molecule has 1 amide bonds. The molecule has 20 heavy (non-hydrogen) atoms. The lowest BCUT2D eigenvalue weighted by Gasteiger charge is -2.38. The van der Waals surface area contributed by atoms with Crippen LogP contribution in [0.3, 0.4) is 0 Å². The lowest BCUT2D eigenvalue weighted by Crippen LogP contribution is -2.54. The number of nitrogens with zero attached hydrogens (tertiary/aromatic N) is 4. The SMILES string of the molecule is C[C@H](F)CCCCN1C(=O)c2c(ncn2C)N(C)C1O. The highest BCUT2D eigenvalue weighted by Crippen LogP contribution is 2.27. The van der Waals surface area contributed by atoms with Gasteiger partial charge in [0, 0.05) is 20.6 Å². The number of aryl methyl sites for hydroxylation is 1. The first kappa shape index (κ1) is 14.8. The van der Waals surface area contributed by atoms with E-state index in [2.05, 4.69) is 4.98 Å². The van der Waals surface area contributed by atoms with E-state index in [0.717, 1.165) is 0 Å². The van der Waals surface area contributed by atoms with Gasteiger partial charge in [-0.15, -0.1) is 0 Å². The standard InChI is InChI=1S/C13H21FN4O2/c1-9(14)6-4-5-7-18-12(19)10-11(15-8-16(10)2)17(3)13(18)20/h8-9,13,20H,4-7H2,1-3H3/t9-,13?/m0/s1. The van der Waals surface area contributed by atoms with Gasteiger partial charge in [0.1, 0.15) is 0 Å². The van der Waals surface area contributed by atoms with Crippen molar-refractivity contribution in [2.24, 2.45) is 7.05 Å². The molecule has 0 fully saturated rings. The van der Waals surface area contributed by atoms with Gasteiger partial charge in [0.2, 0.25) is 6.35 Å². The molecule has 1 aromatic rings. The molecule has 0 saturated heterocycles. The Labute approximate surface area is 117 Å². The molecule has 1 unspecified atom stereocenters. The van der Waals surface area contributed by atoms with Crippen LogP contribution in [0.15, 0.2) is 6.33 Å². The summed E-state index contributed by atoms with van der Waals surface area (Å²) >= 11 is 0. The number of aliphatic hydroxyl groups is 1. The second kappa shape index (κ2) is 5.78. The number of alkyl halides is 1. The summed E-state index contributed by atoms with van der Waals surface area (Å²) in [6.07, 6.45) is 1.54. The van der Waals surface area contributed by atoms with Crippen LogP contribution in [0, 0.1) is 0 Å². The number of carbonyl (C=O) groups excluding carboxylic acids is 1. The molecule has 2 heterocycles. The zero-order chi connectivity index (χ0) is 14.9. The Bertz CT molecular complexity index is 489. The molecule has 0 radical (unpaired) electrons. The first-order chi connectivity index (χ1) is 9.43. The summed E-state index contributed by atoms with van der Waals surface area (Å²) in [6.45, 7) is 1.93. The number of fused-ring (bicyclic) bond motifs is 1. The van der Waals surface area contributed by atoms with Crippen molar-refractivity contribution in [2.45, 2.75) is 38.7 Å². The Kier molecular flexibility index (Phi) is 4.27. The van der Waals surface area contributed by atoms with Crippen LogP contribution in [-0.4, -0.2) is 51.6 Å². The van der Waals surface area contributed by atoms with Gasteiger partial charge in [-0.2, -0.15) is 0 Å². The molecule has 0 aliphatic carbocycles.